The van der Waals surface area contributed by atoms with E-state index in [1.54, 1.807) is 7.11 Å². The number of aliphatic hydroxyl groups is 2. The highest BCUT2D eigenvalue weighted by molar-refractivity contribution is 5.95. The van der Waals surface area contributed by atoms with Crippen LogP contribution in [-0.2, 0) is 60.8 Å². The zero-order valence-corrected chi connectivity index (χ0v) is 26.8. The summed E-state index contributed by atoms with van der Waals surface area (Å²) >= 11 is 0. The Hall–Kier alpha value is -3.84. The number of methoxy groups -OCH3 is 2. The first-order valence-corrected chi connectivity index (χ1v) is 15.3. The van der Waals surface area contributed by atoms with Gasteiger partial charge in [0.2, 0.25) is 0 Å². The van der Waals surface area contributed by atoms with Crippen LogP contribution in [0.3, 0.4) is 0 Å². The summed E-state index contributed by atoms with van der Waals surface area (Å²) in [6.07, 6.45) is 3.51. The van der Waals surface area contributed by atoms with Gasteiger partial charge in [0.25, 0.3) is 0 Å². The normalized spacial score (nSPS) is 14.5. The van der Waals surface area contributed by atoms with Crippen LogP contribution in [-0.4, -0.2) is 88.0 Å². The second kappa shape index (κ2) is 26.4. The molecule has 0 amide bonds. The summed E-state index contributed by atoms with van der Waals surface area (Å²) in [6, 6.07) is 18.6. The number of cyclic esters (lactones) is 1. The Morgan fingerprint density at radius 2 is 1.35 bits per heavy atom. The van der Waals surface area contributed by atoms with Gasteiger partial charge in [-0.25, -0.2) is 0 Å². The van der Waals surface area contributed by atoms with Gasteiger partial charge in [-0.2, -0.15) is 0 Å². The quantitative estimate of drug-likeness (QED) is 0.118. The van der Waals surface area contributed by atoms with Gasteiger partial charge in [-0.05, 0) is 49.7 Å². The molecule has 1 aliphatic rings. The minimum absolute atomic E-state index is 0.0184. The summed E-state index contributed by atoms with van der Waals surface area (Å²) in [5.41, 5.74) is 1.76. The molecule has 3 rings (SSSR count). The van der Waals surface area contributed by atoms with Gasteiger partial charge >= 0.3 is 23.9 Å². The van der Waals surface area contributed by atoms with Gasteiger partial charge in [0.05, 0.1) is 26.4 Å². The number of rotatable bonds is 16. The Balaban J connectivity index is 0.000000409. The van der Waals surface area contributed by atoms with Crippen molar-refractivity contribution in [1.82, 2.24) is 0 Å². The molecule has 0 bridgehead atoms. The number of unbranched alkanes of at least 4 members (excludes halogenated alkanes) is 1. The molecule has 0 aromatic heterocycles. The summed E-state index contributed by atoms with van der Waals surface area (Å²) < 4.78 is 29.6. The molecule has 2 N–H and O–H groups in total. The molecule has 1 saturated heterocycles. The largest absolute Gasteiger partial charge is 0.465 e. The van der Waals surface area contributed by atoms with Crippen molar-refractivity contribution in [3.63, 3.8) is 0 Å². The van der Waals surface area contributed by atoms with Crippen molar-refractivity contribution in [2.24, 2.45) is 11.8 Å². The summed E-state index contributed by atoms with van der Waals surface area (Å²) in [5, 5.41) is 16.8. The van der Waals surface area contributed by atoms with Gasteiger partial charge in [0.15, 0.2) is 11.8 Å². The van der Waals surface area contributed by atoms with Crippen LogP contribution in [0.5, 0.6) is 0 Å². The fourth-order valence-corrected chi connectivity index (χ4v) is 3.92. The number of benzene rings is 2. The lowest BCUT2D eigenvalue weighted by molar-refractivity contribution is -0.165. The zero-order valence-electron chi connectivity index (χ0n) is 26.8. The predicted octanol–water partition coefficient (Wildman–Crippen LogP) is 3.40. The second-order valence-corrected chi connectivity index (χ2v) is 10.1. The van der Waals surface area contributed by atoms with Crippen molar-refractivity contribution >= 4 is 23.9 Å². The van der Waals surface area contributed by atoms with Crippen LogP contribution in [0, 0.1) is 11.8 Å². The average Bonchev–Trinajstić information content (AvgIpc) is 3.30. The Kier molecular flexibility index (Phi) is 23.0. The predicted molar refractivity (Wildman–Crippen MR) is 167 cm³/mol. The number of hydrogen-bond acceptors (Lipinski definition) is 12. The smallest absolute Gasteiger partial charge is 0.320 e. The molecule has 1 fully saturated rings. The summed E-state index contributed by atoms with van der Waals surface area (Å²) in [6.45, 7) is 1.67. The van der Waals surface area contributed by atoms with Crippen LogP contribution in [0.15, 0.2) is 60.7 Å². The van der Waals surface area contributed by atoms with E-state index < -0.39 is 35.7 Å². The van der Waals surface area contributed by atoms with Gasteiger partial charge < -0.3 is 38.6 Å². The van der Waals surface area contributed by atoms with Gasteiger partial charge in [0.1, 0.15) is 19.8 Å². The van der Waals surface area contributed by atoms with Crippen LogP contribution in [0.25, 0.3) is 0 Å². The fourth-order valence-electron chi connectivity index (χ4n) is 3.92. The molecule has 12 heteroatoms. The minimum Gasteiger partial charge on any atom is -0.465 e. The van der Waals surface area contributed by atoms with Crippen LogP contribution in [0.1, 0.15) is 49.7 Å². The molecule has 1 heterocycles. The molecule has 2 aromatic rings. The fraction of sp³-hybridized carbons (Fsp3) is 0.529. The van der Waals surface area contributed by atoms with Crippen molar-refractivity contribution in [1.29, 1.82) is 0 Å². The Morgan fingerprint density at radius 3 is 1.89 bits per heavy atom. The molecule has 1 aliphatic heterocycles. The third kappa shape index (κ3) is 18.2. The first kappa shape index (κ1) is 40.2. The van der Waals surface area contributed by atoms with Gasteiger partial charge in [0, 0.05) is 20.8 Å². The van der Waals surface area contributed by atoms with Gasteiger partial charge in [-0.15, -0.1) is 0 Å². The molecule has 46 heavy (non-hydrogen) atoms. The van der Waals surface area contributed by atoms with E-state index in [1.807, 2.05) is 60.7 Å². The second-order valence-electron chi connectivity index (χ2n) is 10.1. The molecular formula is C34H48O12. The molecule has 0 aliphatic carbocycles. The van der Waals surface area contributed by atoms with E-state index in [1.165, 1.54) is 7.11 Å². The number of esters is 4. The maximum Gasteiger partial charge on any atom is 0.320 e. The van der Waals surface area contributed by atoms with Gasteiger partial charge in [-0.1, -0.05) is 60.7 Å². The van der Waals surface area contributed by atoms with E-state index >= 15 is 0 Å². The Labute approximate surface area is 270 Å². The number of hydrogen-bond donors (Lipinski definition) is 2. The SMILES string of the molecule is COCCO.COCCOC(=O)C(CCCCO)C(=O)OCc1ccccc1.O=C1OCCCCC1C(=O)OCc1ccccc1. The third-order valence-electron chi connectivity index (χ3n) is 6.45. The topological polar surface area (TPSA) is 164 Å². The van der Waals surface area contributed by atoms with Crippen molar-refractivity contribution < 1.29 is 57.8 Å². The summed E-state index contributed by atoms with van der Waals surface area (Å²) in [7, 11) is 3.05. The molecule has 0 saturated carbocycles. The molecule has 0 spiro atoms. The van der Waals surface area contributed by atoms with Crippen molar-refractivity contribution in [3.05, 3.63) is 71.8 Å². The van der Waals surface area contributed by atoms with E-state index in [2.05, 4.69) is 4.74 Å². The highest BCUT2D eigenvalue weighted by Gasteiger charge is 2.31. The number of carbonyl (C=O) groups is 4. The van der Waals surface area contributed by atoms with E-state index in [0.717, 1.165) is 24.0 Å². The molecule has 12 nitrogen and oxygen atoms in total. The van der Waals surface area contributed by atoms with Crippen molar-refractivity contribution in [2.45, 2.75) is 51.7 Å². The van der Waals surface area contributed by atoms with Gasteiger partial charge in [-0.3, -0.25) is 19.2 Å². The molecule has 2 atom stereocenters. The number of carbonyl (C=O) groups excluding carboxylic acids is 4. The van der Waals surface area contributed by atoms with Crippen molar-refractivity contribution in [2.75, 3.05) is 53.9 Å². The van der Waals surface area contributed by atoms with Crippen molar-refractivity contribution in [3.8, 4) is 0 Å². The van der Waals surface area contributed by atoms with E-state index in [0.29, 0.717) is 38.9 Å². The van der Waals surface area contributed by atoms with Crippen LogP contribution >= 0.6 is 0 Å². The van der Waals surface area contributed by atoms with Crippen LogP contribution < -0.4 is 0 Å². The summed E-state index contributed by atoms with van der Waals surface area (Å²) in [4.78, 5) is 47.5. The summed E-state index contributed by atoms with van der Waals surface area (Å²) in [5.74, 6) is -3.87. The highest BCUT2D eigenvalue weighted by Crippen LogP contribution is 2.18. The first-order chi connectivity index (χ1) is 22.4. The number of ether oxygens (including phenoxy) is 6. The molecule has 2 aromatic carbocycles. The van der Waals surface area contributed by atoms with Crippen LogP contribution in [0.4, 0.5) is 0 Å². The zero-order chi connectivity index (χ0) is 33.8. The maximum absolute atomic E-state index is 12.2. The third-order valence-corrected chi connectivity index (χ3v) is 6.45. The molecule has 2 unspecified atom stereocenters. The molecule has 256 valence electrons. The monoisotopic (exact) mass is 648 g/mol. The minimum atomic E-state index is -0.970. The standard InChI is InChI=1S/C17H24O6.C14H16O4.C3H8O2/c1-21-11-12-22-16(19)15(9-5-6-10-18)17(20)23-13-14-7-3-2-4-8-14;15-13-12(8-4-5-9-17-13)14(16)18-10-11-6-2-1-3-7-11;1-5-3-2-4/h2-4,7-8,15,18H,5-6,9-13H2,1H3;1-3,6-7,12H,4-5,8-10H2;4H,2-3H2,1H3. The van der Waals surface area contributed by atoms with E-state index in [9.17, 15) is 19.2 Å². The maximum atomic E-state index is 12.2. The molecule has 0 radical (unpaired) electrons. The Bertz CT molecular complexity index is 1090. The first-order valence-electron chi connectivity index (χ1n) is 15.3. The van der Waals surface area contributed by atoms with Crippen LogP contribution in [0.2, 0.25) is 0 Å². The average molecular weight is 649 g/mol. The van der Waals surface area contributed by atoms with E-state index in [-0.39, 0.29) is 39.6 Å². The highest BCUT2D eigenvalue weighted by atomic mass is 16.6. The number of aliphatic hydroxyl groups excluding tert-OH is 2. The Morgan fingerprint density at radius 1 is 0.761 bits per heavy atom. The lowest BCUT2D eigenvalue weighted by Gasteiger charge is -2.15. The van der Waals surface area contributed by atoms with E-state index in [4.69, 9.17) is 33.9 Å². The lowest BCUT2D eigenvalue weighted by Crippen LogP contribution is -2.29. The molecular weight excluding hydrogens is 600 g/mol. The lowest BCUT2D eigenvalue weighted by atomic mass is 10.0.